The van der Waals surface area contributed by atoms with Crippen LogP contribution in [0.4, 0.5) is 4.79 Å². The van der Waals surface area contributed by atoms with Crippen LogP contribution in [0.1, 0.15) is 38.8 Å². The number of nitrogens with zero attached hydrogens (tertiary/aromatic N) is 1. The second kappa shape index (κ2) is 6.48. The summed E-state index contributed by atoms with van der Waals surface area (Å²) in [6.07, 6.45) is -0.254. The molecule has 0 bridgehead atoms. The lowest BCUT2D eigenvalue weighted by atomic mass is 9.94. The van der Waals surface area contributed by atoms with E-state index in [2.05, 4.69) is 0 Å². The van der Waals surface area contributed by atoms with Crippen LogP contribution < -0.4 is 0 Å². The highest BCUT2D eigenvalue weighted by Gasteiger charge is 2.37. The van der Waals surface area contributed by atoms with Gasteiger partial charge in [-0.2, -0.15) is 0 Å². The molecule has 0 saturated carbocycles. The van der Waals surface area contributed by atoms with E-state index >= 15 is 0 Å². The van der Waals surface area contributed by atoms with Gasteiger partial charge >= 0.3 is 12.1 Å². The van der Waals surface area contributed by atoms with Crippen molar-refractivity contribution in [2.75, 3.05) is 6.61 Å². The molecule has 1 amide bonds. The first-order valence-electron chi connectivity index (χ1n) is 7.68. The van der Waals surface area contributed by atoms with Gasteiger partial charge in [-0.25, -0.2) is 9.59 Å². The van der Waals surface area contributed by atoms with Gasteiger partial charge in [0.2, 0.25) is 0 Å². The quantitative estimate of drug-likeness (QED) is 0.847. The molecule has 0 fully saturated rings. The summed E-state index contributed by atoms with van der Waals surface area (Å²) in [4.78, 5) is 26.1. The van der Waals surface area contributed by atoms with E-state index in [-0.39, 0.29) is 18.9 Å². The highest BCUT2D eigenvalue weighted by atomic mass is 16.6. The number of amides is 1. The van der Waals surface area contributed by atoms with Gasteiger partial charge in [0.05, 0.1) is 13.2 Å². The second-order valence-corrected chi connectivity index (χ2v) is 6.53. The van der Waals surface area contributed by atoms with Gasteiger partial charge in [-0.3, -0.25) is 4.90 Å². The topological polar surface area (TPSA) is 76.1 Å². The molecule has 1 unspecified atom stereocenters. The van der Waals surface area contributed by atoms with Crippen molar-refractivity contribution in [3.05, 3.63) is 29.3 Å². The predicted octanol–water partition coefficient (Wildman–Crippen LogP) is 2.62. The molecule has 0 aliphatic carbocycles. The van der Waals surface area contributed by atoms with Crippen LogP contribution in [0.3, 0.4) is 0 Å². The number of fused-ring (bicyclic) bond motifs is 1. The van der Waals surface area contributed by atoms with E-state index in [1.54, 1.807) is 45.9 Å². The zero-order valence-electron chi connectivity index (χ0n) is 14.0. The van der Waals surface area contributed by atoms with E-state index in [0.29, 0.717) is 6.42 Å². The molecule has 1 N–H and O–H groups in total. The molecule has 1 aliphatic heterocycles. The molecule has 23 heavy (non-hydrogen) atoms. The number of aromatic hydroxyl groups is 1. The van der Waals surface area contributed by atoms with E-state index in [4.69, 9.17) is 9.47 Å². The Kier molecular flexibility index (Phi) is 4.82. The lowest BCUT2D eigenvalue weighted by Gasteiger charge is -2.36. The molecular weight excluding hydrogens is 298 g/mol. The number of hydrogen-bond acceptors (Lipinski definition) is 5. The molecular formula is C17H23NO5. The Labute approximate surface area is 136 Å². The summed E-state index contributed by atoms with van der Waals surface area (Å²) >= 11 is 0. The molecule has 1 aliphatic rings. The standard InChI is InChI=1S/C17H23NO5/c1-5-22-15(20)14-9-12-8-13(19)7-6-11(12)10-18(14)16(21)23-17(2,3)4/h6-8,14,19H,5,9-10H2,1-4H3. The van der Waals surface area contributed by atoms with Crippen molar-refractivity contribution in [3.63, 3.8) is 0 Å². The largest absolute Gasteiger partial charge is 0.508 e. The molecule has 1 heterocycles. The predicted molar refractivity (Wildman–Crippen MR) is 84.0 cm³/mol. The number of phenolic OH excluding ortho intramolecular Hbond substituents is 1. The summed E-state index contributed by atoms with van der Waals surface area (Å²) in [5.74, 6) is -0.329. The Morgan fingerprint density at radius 3 is 2.61 bits per heavy atom. The zero-order valence-corrected chi connectivity index (χ0v) is 14.0. The van der Waals surface area contributed by atoms with Crippen molar-refractivity contribution in [3.8, 4) is 5.75 Å². The average molecular weight is 321 g/mol. The van der Waals surface area contributed by atoms with E-state index < -0.39 is 23.7 Å². The van der Waals surface area contributed by atoms with Gasteiger partial charge in [0.25, 0.3) is 0 Å². The third-order valence-corrected chi connectivity index (χ3v) is 3.51. The molecule has 1 aromatic rings. The fraction of sp³-hybridized carbons (Fsp3) is 0.529. The SMILES string of the molecule is CCOC(=O)C1Cc2cc(O)ccc2CN1C(=O)OC(C)(C)C. The van der Waals surface area contributed by atoms with Crippen LogP contribution in [0.25, 0.3) is 0 Å². The number of phenols is 1. The molecule has 0 radical (unpaired) electrons. The number of rotatable bonds is 2. The van der Waals surface area contributed by atoms with Crippen molar-refractivity contribution in [2.24, 2.45) is 0 Å². The highest BCUT2D eigenvalue weighted by molar-refractivity contribution is 5.82. The summed E-state index contributed by atoms with van der Waals surface area (Å²) in [6.45, 7) is 7.54. The molecule has 0 aromatic heterocycles. The number of ether oxygens (including phenoxy) is 2. The molecule has 1 atom stereocenters. The van der Waals surface area contributed by atoms with Crippen LogP contribution in [-0.2, 0) is 27.2 Å². The number of carbonyl (C=O) groups excluding carboxylic acids is 2. The fourth-order valence-corrected chi connectivity index (χ4v) is 2.53. The van der Waals surface area contributed by atoms with Crippen LogP contribution in [0.2, 0.25) is 0 Å². The number of carbonyl (C=O) groups is 2. The van der Waals surface area contributed by atoms with Crippen LogP contribution >= 0.6 is 0 Å². The number of hydrogen-bond donors (Lipinski definition) is 1. The Morgan fingerprint density at radius 1 is 1.30 bits per heavy atom. The maximum Gasteiger partial charge on any atom is 0.411 e. The van der Waals surface area contributed by atoms with Crippen molar-refractivity contribution >= 4 is 12.1 Å². The van der Waals surface area contributed by atoms with Gasteiger partial charge in [0.1, 0.15) is 17.4 Å². The van der Waals surface area contributed by atoms with Crippen LogP contribution in [-0.4, -0.2) is 40.3 Å². The molecule has 2 rings (SSSR count). The van der Waals surface area contributed by atoms with Crippen LogP contribution in [0, 0.1) is 0 Å². The zero-order chi connectivity index (χ0) is 17.2. The third kappa shape index (κ3) is 4.15. The van der Waals surface area contributed by atoms with Crippen molar-refractivity contribution in [1.82, 2.24) is 4.90 Å². The molecule has 126 valence electrons. The molecule has 6 heteroatoms. The molecule has 6 nitrogen and oxygen atoms in total. The number of esters is 1. The Bertz CT molecular complexity index is 605. The maximum atomic E-state index is 12.5. The first-order chi connectivity index (χ1) is 10.7. The summed E-state index contributed by atoms with van der Waals surface area (Å²) < 4.78 is 10.5. The van der Waals surface area contributed by atoms with E-state index in [0.717, 1.165) is 11.1 Å². The molecule has 0 spiro atoms. The van der Waals surface area contributed by atoms with Gasteiger partial charge in [-0.05, 0) is 51.0 Å². The first-order valence-corrected chi connectivity index (χ1v) is 7.68. The normalized spacial score (nSPS) is 17.4. The summed E-state index contributed by atoms with van der Waals surface area (Å²) in [5.41, 5.74) is 1.07. The minimum atomic E-state index is -0.751. The third-order valence-electron chi connectivity index (χ3n) is 3.51. The smallest absolute Gasteiger partial charge is 0.411 e. The van der Waals surface area contributed by atoms with Gasteiger partial charge < -0.3 is 14.6 Å². The molecule has 1 aromatic carbocycles. The van der Waals surface area contributed by atoms with Crippen LogP contribution in [0.15, 0.2) is 18.2 Å². The minimum Gasteiger partial charge on any atom is -0.508 e. The first kappa shape index (κ1) is 17.1. The van der Waals surface area contributed by atoms with Gasteiger partial charge in [-0.15, -0.1) is 0 Å². The van der Waals surface area contributed by atoms with Crippen LogP contribution in [0.5, 0.6) is 5.75 Å². The highest BCUT2D eigenvalue weighted by Crippen LogP contribution is 2.28. The summed E-state index contributed by atoms with van der Waals surface area (Å²) in [5, 5.41) is 9.62. The Balaban J connectivity index is 2.31. The Morgan fingerprint density at radius 2 is 2.00 bits per heavy atom. The fourth-order valence-electron chi connectivity index (χ4n) is 2.53. The van der Waals surface area contributed by atoms with Crippen molar-refractivity contribution in [2.45, 2.75) is 52.3 Å². The van der Waals surface area contributed by atoms with Gasteiger partial charge in [0.15, 0.2) is 0 Å². The second-order valence-electron chi connectivity index (χ2n) is 6.53. The minimum absolute atomic E-state index is 0.136. The van der Waals surface area contributed by atoms with Gasteiger partial charge in [0, 0.05) is 6.42 Å². The average Bonchev–Trinajstić information content (AvgIpc) is 2.44. The lowest BCUT2D eigenvalue weighted by molar-refractivity contribution is -0.150. The number of benzene rings is 1. The summed E-state index contributed by atoms with van der Waals surface area (Å²) in [6, 6.07) is 4.19. The van der Waals surface area contributed by atoms with Gasteiger partial charge in [-0.1, -0.05) is 6.07 Å². The van der Waals surface area contributed by atoms with E-state index in [1.165, 1.54) is 4.90 Å². The lowest BCUT2D eigenvalue weighted by Crippen LogP contribution is -2.50. The van der Waals surface area contributed by atoms with E-state index in [9.17, 15) is 14.7 Å². The monoisotopic (exact) mass is 321 g/mol. The molecule has 0 saturated heterocycles. The van der Waals surface area contributed by atoms with Crippen molar-refractivity contribution < 1.29 is 24.2 Å². The Hall–Kier alpha value is -2.24. The van der Waals surface area contributed by atoms with E-state index in [1.807, 2.05) is 0 Å². The van der Waals surface area contributed by atoms with Crippen molar-refractivity contribution in [1.29, 1.82) is 0 Å². The summed E-state index contributed by atoms with van der Waals surface area (Å²) in [7, 11) is 0. The maximum absolute atomic E-state index is 12.5.